The molecular weight excluding hydrogens is 532 g/mol. The van der Waals surface area contributed by atoms with Crippen LogP contribution in [0.25, 0.3) is 5.52 Å². The van der Waals surface area contributed by atoms with Crippen LogP contribution in [0.4, 0.5) is 11.4 Å². The van der Waals surface area contributed by atoms with E-state index in [2.05, 4.69) is 21.2 Å². The van der Waals surface area contributed by atoms with E-state index in [0.717, 1.165) is 43.0 Å². The van der Waals surface area contributed by atoms with Gasteiger partial charge in [-0.05, 0) is 44.1 Å². The molecule has 0 amide bonds. The van der Waals surface area contributed by atoms with Crippen LogP contribution in [0.1, 0.15) is 30.4 Å². The van der Waals surface area contributed by atoms with E-state index in [9.17, 15) is 18.5 Å². The first-order chi connectivity index (χ1) is 17.7. The minimum Gasteiger partial charge on any atom is -0.372 e. The van der Waals surface area contributed by atoms with E-state index >= 15 is 0 Å². The van der Waals surface area contributed by atoms with E-state index in [1.807, 2.05) is 0 Å². The highest BCUT2D eigenvalue weighted by molar-refractivity contribution is 7.89. The number of hydrogen-bond acceptors (Lipinski definition) is 9. The Bertz CT molecular complexity index is 1480. The number of sulfonamides is 1. The van der Waals surface area contributed by atoms with Gasteiger partial charge in [-0.3, -0.25) is 10.1 Å². The van der Waals surface area contributed by atoms with Crippen LogP contribution in [-0.4, -0.2) is 78.8 Å². The molecule has 202 valence electrons. The molecule has 14 heteroatoms. The summed E-state index contributed by atoms with van der Waals surface area (Å²) < 4.78 is 29.4. The number of aromatic nitrogens is 2. The predicted molar refractivity (Wildman–Crippen MR) is 146 cm³/mol. The number of likely N-dealkylation sites (tertiary alicyclic amines) is 1. The lowest BCUT2D eigenvalue weighted by molar-refractivity contribution is -0.385. The minimum atomic E-state index is -4.24. The first-order valence-corrected chi connectivity index (χ1v) is 13.3. The molecule has 0 saturated carbocycles. The lowest BCUT2D eigenvalue weighted by Crippen LogP contribution is -2.37. The van der Waals surface area contributed by atoms with Gasteiger partial charge in [0.25, 0.3) is 15.7 Å². The third kappa shape index (κ3) is 6.21. The van der Waals surface area contributed by atoms with Crippen LogP contribution in [0.2, 0.25) is 0 Å². The second-order valence-electron chi connectivity index (χ2n) is 8.87. The quantitative estimate of drug-likeness (QED) is 0.221. The fourth-order valence-corrected chi connectivity index (χ4v) is 5.46. The monoisotopic (exact) mass is 560 g/mol. The molecule has 1 saturated heterocycles. The maximum Gasteiger partial charge on any atom is 0.281 e. The number of non-ortho nitro benzene ring substituents is 1. The van der Waals surface area contributed by atoms with E-state index in [1.54, 1.807) is 34.8 Å². The SMILES string of the molecule is CN(CCN1CCCCC1)c1ccc([N+](=O)[O-])cc1S(=O)(=O)N(C)/N=C\c1cnn2ccc(C#N)cc12.Cl. The summed E-state index contributed by atoms with van der Waals surface area (Å²) >= 11 is 0. The molecule has 0 spiro atoms. The van der Waals surface area contributed by atoms with Gasteiger partial charge in [-0.15, -0.1) is 12.4 Å². The maximum absolute atomic E-state index is 13.6. The van der Waals surface area contributed by atoms with Crippen molar-refractivity contribution in [3.8, 4) is 6.07 Å². The van der Waals surface area contributed by atoms with Crippen molar-refractivity contribution in [3.63, 3.8) is 0 Å². The van der Waals surface area contributed by atoms with Gasteiger partial charge in [0.05, 0.1) is 40.2 Å². The van der Waals surface area contributed by atoms with Crippen LogP contribution < -0.4 is 4.90 Å². The molecule has 0 bridgehead atoms. The lowest BCUT2D eigenvalue weighted by Gasteiger charge is -2.30. The molecule has 3 aromatic rings. The van der Waals surface area contributed by atoms with Crippen LogP contribution >= 0.6 is 12.4 Å². The molecule has 1 aliphatic heterocycles. The molecule has 1 aromatic carbocycles. The number of hydrazone groups is 1. The van der Waals surface area contributed by atoms with Gasteiger partial charge in [0.1, 0.15) is 4.90 Å². The van der Waals surface area contributed by atoms with Crippen LogP contribution in [0, 0.1) is 21.4 Å². The number of hydrogen-bond donors (Lipinski definition) is 0. The molecular formula is C24H29ClN8O4S. The Morgan fingerprint density at radius 3 is 2.63 bits per heavy atom. The molecule has 0 unspecified atom stereocenters. The van der Waals surface area contributed by atoms with Crippen LogP contribution in [-0.2, 0) is 10.0 Å². The lowest BCUT2D eigenvalue weighted by atomic mass is 10.1. The zero-order valence-corrected chi connectivity index (χ0v) is 22.7. The smallest absolute Gasteiger partial charge is 0.281 e. The Morgan fingerprint density at radius 2 is 1.95 bits per heavy atom. The van der Waals surface area contributed by atoms with Gasteiger partial charge in [0, 0.05) is 51.1 Å². The molecule has 1 aliphatic rings. The van der Waals surface area contributed by atoms with Gasteiger partial charge in [0.2, 0.25) is 0 Å². The van der Waals surface area contributed by atoms with Crippen molar-refractivity contribution in [1.82, 2.24) is 18.9 Å². The van der Waals surface area contributed by atoms with E-state index in [4.69, 9.17) is 5.26 Å². The number of nitro benzene ring substituents is 1. The fraction of sp³-hybridized carbons (Fsp3) is 0.375. The summed E-state index contributed by atoms with van der Waals surface area (Å²) in [5, 5.41) is 28.9. The number of halogens is 1. The largest absolute Gasteiger partial charge is 0.372 e. The number of fused-ring (bicyclic) bond motifs is 1. The summed E-state index contributed by atoms with van der Waals surface area (Å²) in [4.78, 5) is 14.8. The van der Waals surface area contributed by atoms with Gasteiger partial charge in [-0.25, -0.2) is 4.52 Å². The number of nitriles is 1. The third-order valence-electron chi connectivity index (χ3n) is 6.43. The van der Waals surface area contributed by atoms with Crippen molar-refractivity contribution >= 4 is 45.5 Å². The zero-order chi connectivity index (χ0) is 26.6. The van der Waals surface area contributed by atoms with E-state index in [1.165, 1.54) is 38.0 Å². The van der Waals surface area contributed by atoms with Gasteiger partial charge in [-0.1, -0.05) is 6.42 Å². The number of pyridine rings is 1. The fourth-order valence-electron chi connectivity index (χ4n) is 4.25. The highest BCUT2D eigenvalue weighted by atomic mass is 35.5. The van der Waals surface area contributed by atoms with Crippen LogP contribution in [0.3, 0.4) is 0 Å². The summed E-state index contributed by atoms with van der Waals surface area (Å²) in [6, 6.07) is 9.14. The topological polar surface area (TPSA) is 140 Å². The molecule has 4 rings (SSSR count). The van der Waals surface area contributed by atoms with Crippen molar-refractivity contribution in [2.75, 3.05) is 45.2 Å². The maximum atomic E-state index is 13.6. The van der Waals surface area contributed by atoms with Gasteiger partial charge < -0.3 is 9.80 Å². The highest BCUT2D eigenvalue weighted by Gasteiger charge is 2.28. The third-order valence-corrected chi connectivity index (χ3v) is 8.10. The molecule has 38 heavy (non-hydrogen) atoms. The van der Waals surface area contributed by atoms with Crippen LogP contribution in [0.15, 0.2) is 52.7 Å². The van der Waals surface area contributed by atoms with E-state index < -0.39 is 14.9 Å². The Kier molecular flexibility index (Phi) is 9.26. The van der Waals surface area contributed by atoms with Crippen LogP contribution in [0.5, 0.6) is 0 Å². The first-order valence-electron chi connectivity index (χ1n) is 11.8. The zero-order valence-electron chi connectivity index (χ0n) is 21.1. The second-order valence-corrected chi connectivity index (χ2v) is 10.8. The summed E-state index contributed by atoms with van der Waals surface area (Å²) in [7, 11) is -1.19. The van der Waals surface area contributed by atoms with Crippen molar-refractivity contribution in [2.24, 2.45) is 5.10 Å². The summed E-state index contributed by atoms with van der Waals surface area (Å²) in [6.07, 6.45) is 7.98. The van der Waals surface area contributed by atoms with Crippen molar-refractivity contribution in [2.45, 2.75) is 24.2 Å². The highest BCUT2D eigenvalue weighted by Crippen LogP contribution is 2.31. The predicted octanol–water partition coefficient (Wildman–Crippen LogP) is 3.11. The molecule has 0 N–H and O–H groups in total. The molecule has 12 nitrogen and oxygen atoms in total. The average molecular weight is 561 g/mol. The van der Waals surface area contributed by atoms with Crippen molar-refractivity contribution in [1.29, 1.82) is 5.26 Å². The van der Waals surface area contributed by atoms with Crippen molar-refractivity contribution < 1.29 is 13.3 Å². The minimum absolute atomic E-state index is 0. The van der Waals surface area contributed by atoms with Crippen molar-refractivity contribution in [3.05, 3.63) is 64.0 Å². The summed E-state index contributed by atoms with van der Waals surface area (Å²) in [5.41, 5.74) is 1.56. The number of piperidine rings is 1. The molecule has 2 aromatic heterocycles. The Hall–Kier alpha value is -3.73. The summed E-state index contributed by atoms with van der Waals surface area (Å²) in [6.45, 7) is 3.35. The van der Waals surface area contributed by atoms with Gasteiger partial charge >= 0.3 is 0 Å². The number of anilines is 1. The molecule has 3 heterocycles. The normalized spacial score (nSPS) is 14.2. The van der Waals surface area contributed by atoms with E-state index in [0.29, 0.717) is 28.9 Å². The number of benzene rings is 1. The van der Waals surface area contributed by atoms with E-state index in [-0.39, 0.29) is 23.0 Å². The molecule has 1 fully saturated rings. The Morgan fingerprint density at radius 1 is 1.21 bits per heavy atom. The Labute approximate surface area is 227 Å². The number of likely N-dealkylation sites (N-methyl/N-ethyl adjacent to an activating group) is 1. The van der Waals surface area contributed by atoms with Gasteiger partial charge in [0.15, 0.2) is 0 Å². The number of nitro groups is 1. The molecule has 0 atom stereocenters. The second kappa shape index (κ2) is 12.2. The number of nitrogens with zero attached hydrogens (tertiary/aromatic N) is 8. The summed E-state index contributed by atoms with van der Waals surface area (Å²) in [5.74, 6) is 0. The average Bonchev–Trinajstić information content (AvgIpc) is 3.32. The first kappa shape index (κ1) is 28.8. The standard InChI is InChI=1S/C24H28N8O4S.ClH/c1-28(12-13-30-9-4-3-5-10-30)22-7-6-21(32(33)34)15-24(22)37(35,36)29(2)26-17-20-18-27-31-11-8-19(16-25)14-23(20)31;/h6-8,11,14-15,17-18H,3-5,9-10,12-13H2,1-2H3;1H/b26-17-;. The molecule has 0 radical (unpaired) electrons. The Balaban J connectivity index is 0.00000400. The number of rotatable bonds is 9. The molecule has 0 aliphatic carbocycles. The van der Waals surface area contributed by atoms with Gasteiger partial charge in [-0.2, -0.15) is 28.3 Å².